The van der Waals surface area contributed by atoms with Gasteiger partial charge in [-0.1, -0.05) is 0 Å². The summed E-state index contributed by atoms with van der Waals surface area (Å²) in [5.74, 6) is 1.34. The molecule has 0 radical (unpaired) electrons. The topological polar surface area (TPSA) is 45.6 Å². The van der Waals surface area contributed by atoms with Gasteiger partial charge in [-0.3, -0.25) is 9.88 Å². The summed E-state index contributed by atoms with van der Waals surface area (Å²) in [7, 11) is 1.71. The molecule has 1 saturated heterocycles. The second-order valence-corrected chi connectivity index (χ2v) is 5.57. The van der Waals surface area contributed by atoms with E-state index in [1.165, 1.54) is 0 Å². The van der Waals surface area contributed by atoms with E-state index < -0.39 is 0 Å². The predicted octanol–water partition coefficient (Wildman–Crippen LogP) is 1.91. The van der Waals surface area contributed by atoms with Crippen molar-refractivity contribution < 1.29 is 9.84 Å². The minimum Gasteiger partial charge on any atom is -0.496 e. The molecule has 0 saturated carbocycles. The summed E-state index contributed by atoms with van der Waals surface area (Å²) >= 11 is 0. The maximum atomic E-state index is 9.65. The Labute approximate surface area is 115 Å². The van der Waals surface area contributed by atoms with E-state index >= 15 is 0 Å². The normalized spacial score (nSPS) is 21.6. The molecule has 19 heavy (non-hydrogen) atoms. The minimum atomic E-state index is -0.216. The first kappa shape index (κ1) is 14.3. The van der Waals surface area contributed by atoms with Gasteiger partial charge >= 0.3 is 0 Å². The fourth-order valence-electron chi connectivity index (χ4n) is 2.84. The second kappa shape index (κ2) is 5.88. The fraction of sp³-hybridized carbons (Fsp3) is 0.667. The highest BCUT2D eigenvalue weighted by Crippen LogP contribution is 2.27. The Balaban J connectivity index is 2.08. The zero-order valence-electron chi connectivity index (χ0n) is 12.3. The van der Waals surface area contributed by atoms with Gasteiger partial charge < -0.3 is 9.84 Å². The van der Waals surface area contributed by atoms with Crippen molar-refractivity contribution in [2.45, 2.75) is 39.8 Å². The molecule has 1 aromatic rings. The summed E-state index contributed by atoms with van der Waals surface area (Å²) in [4.78, 5) is 6.90. The quantitative estimate of drug-likeness (QED) is 0.902. The van der Waals surface area contributed by atoms with Crippen LogP contribution in [0.5, 0.6) is 5.75 Å². The molecule has 0 aromatic carbocycles. The summed E-state index contributed by atoms with van der Waals surface area (Å²) in [6.45, 7) is 8.79. The number of aromatic nitrogens is 1. The number of aliphatic hydroxyl groups is 1. The molecule has 2 rings (SSSR count). The molecule has 0 bridgehead atoms. The number of hydrogen-bond acceptors (Lipinski definition) is 4. The highest BCUT2D eigenvalue weighted by atomic mass is 16.5. The smallest absolute Gasteiger partial charge is 0.128 e. The molecular formula is C15H24N2O2. The van der Waals surface area contributed by atoms with Gasteiger partial charge in [-0.05, 0) is 39.7 Å². The fourth-order valence-corrected chi connectivity index (χ4v) is 2.84. The van der Waals surface area contributed by atoms with Gasteiger partial charge in [0.25, 0.3) is 0 Å². The van der Waals surface area contributed by atoms with Gasteiger partial charge in [0, 0.05) is 30.4 Å². The molecule has 0 amide bonds. The lowest BCUT2D eigenvalue weighted by atomic mass is 10.0. The summed E-state index contributed by atoms with van der Waals surface area (Å²) in [5, 5.41) is 9.65. The molecule has 4 nitrogen and oxygen atoms in total. The van der Waals surface area contributed by atoms with Crippen LogP contribution in [-0.4, -0.2) is 41.3 Å². The summed E-state index contributed by atoms with van der Waals surface area (Å²) in [6, 6.07) is 0. The van der Waals surface area contributed by atoms with Crippen LogP contribution in [-0.2, 0) is 6.54 Å². The Morgan fingerprint density at radius 3 is 2.84 bits per heavy atom. The lowest BCUT2D eigenvalue weighted by Gasteiger charge is -2.19. The molecule has 106 valence electrons. The van der Waals surface area contributed by atoms with Crippen LogP contribution >= 0.6 is 0 Å². The van der Waals surface area contributed by atoms with Crippen molar-refractivity contribution in [2.24, 2.45) is 5.92 Å². The Morgan fingerprint density at radius 1 is 1.53 bits per heavy atom. The number of methoxy groups -OCH3 is 1. The van der Waals surface area contributed by atoms with Gasteiger partial charge in [-0.15, -0.1) is 0 Å². The summed E-state index contributed by atoms with van der Waals surface area (Å²) in [5.41, 5.74) is 3.28. The number of aliphatic hydroxyl groups excluding tert-OH is 1. The zero-order valence-corrected chi connectivity index (χ0v) is 12.3. The van der Waals surface area contributed by atoms with Crippen molar-refractivity contribution in [2.75, 3.05) is 20.2 Å². The van der Waals surface area contributed by atoms with Crippen LogP contribution in [0.25, 0.3) is 0 Å². The first-order valence-corrected chi connectivity index (χ1v) is 6.92. The number of rotatable bonds is 4. The van der Waals surface area contributed by atoms with Crippen molar-refractivity contribution >= 4 is 0 Å². The van der Waals surface area contributed by atoms with Gasteiger partial charge in [0.1, 0.15) is 5.75 Å². The molecule has 1 aromatic heterocycles. The zero-order chi connectivity index (χ0) is 14.0. The van der Waals surface area contributed by atoms with Gasteiger partial charge in [0.2, 0.25) is 0 Å². The Hall–Kier alpha value is -1.13. The standard InChI is InChI=1S/C15H24N2O2/c1-10-7-16-14(11(2)15(10)19-4)9-17-6-5-13(8-17)12(3)18/h7,12-13,18H,5-6,8-9H2,1-4H3. The summed E-state index contributed by atoms with van der Waals surface area (Å²) < 4.78 is 5.44. The second-order valence-electron chi connectivity index (χ2n) is 5.57. The molecule has 1 aliphatic rings. The van der Waals surface area contributed by atoms with Crippen molar-refractivity contribution in [3.05, 3.63) is 23.0 Å². The van der Waals surface area contributed by atoms with Crippen LogP contribution in [0, 0.1) is 19.8 Å². The van der Waals surface area contributed by atoms with E-state index in [9.17, 15) is 5.11 Å². The highest BCUT2D eigenvalue weighted by Gasteiger charge is 2.26. The van der Waals surface area contributed by atoms with Crippen LogP contribution in [0.15, 0.2) is 6.20 Å². The van der Waals surface area contributed by atoms with Crippen LogP contribution in [0.1, 0.15) is 30.2 Å². The third-order valence-electron chi connectivity index (χ3n) is 4.11. The molecule has 1 aliphatic heterocycles. The highest BCUT2D eigenvalue weighted by molar-refractivity contribution is 5.41. The average molecular weight is 264 g/mol. The number of pyridine rings is 1. The largest absolute Gasteiger partial charge is 0.496 e. The van der Waals surface area contributed by atoms with E-state index in [1.54, 1.807) is 7.11 Å². The lowest BCUT2D eigenvalue weighted by Crippen LogP contribution is -2.24. The lowest BCUT2D eigenvalue weighted by molar-refractivity contribution is 0.127. The molecular weight excluding hydrogens is 240 g/mol. The number of ether oxygens (including phenoxy) is 1. The predicted molar refractivity (Wildman–Crippen MR) is 75.3 cm³/mol. The molecule has 2 heterocycles. The number of likely N-dealkylation sites (tertiary alicyclic amines) is 1. The maximum Gasteiger partial charge on any atom is 0.128 e. The van der Waals surface area contributed by atoms with Crippen LogP contribution < -0.4 is 4.74 Å². The molecule has 4 heteroatoms. The van der Waals surface area contributed by atoms with Crippen molar-refractivity contribution in [3.8, 4) is 5.75 Å². The van der Waals surface area contributed by atoms with Gasteiger partial charge in [-0.25, -0.2) is 0 Å². The van der Waals surface area contributed by atoms with E-state index in [0.29, 0.717) is 5.92 Å². The van der Waals surface area contributed by atoms with Crippen LogP contribution in [0.4, 0.5) is 0 Å². The number of aryl methyl sites for hydroxylation is 1. The van der Waals surface area contributed by atoms with Crippen LogP contribution in [0.3, 0.4) is 0 Å². The van der Waals surface area contributed by atoms with E-state index in [4.69, 9.17) is 4.74 Å². The van der Waals surface area contributed by atoms with E-state index in [2.05, 4.69) is 16.8 Å². The Bertz CT molecular complexity index is 446. The molecule has 1 fully saturated rings. The first-order valence-electron chi connectivity index (χ1n) is 6.92. The van der Waals surface area contributed by atoms with E-state index in [0.717, 1.165) is 48.6 Å². The number of nitrogens with zero attached hydrogens (tertiary/aromatic N) is 2. The van der Waals surface area contributed by atoms with E-state index in [1.807, 2.05) is 20.0 Å². The van der Waals surface area contributed by atoms with Crippen LogP contribution in [0.2, 0.25) is 0 Å². The molecule has 2 atom stereocenters. The summed E-state index contributed by atoms with van der Waals surface area (Å²) in [6.07, 6.45) is 2.73. The maximum absolute atomic E-state index is 9.65. The number of hydrogen-bond donors (Lipinski definition) is 1. The Morgan fingerprint density at radius 2 is 2.26 bits per heavy atom. The SMILES string of the molecule is COc1c(C)cnc(CN2CCC(C(C)O)C2)c1C. The van der Waals surface area contributed by atoms with Crippen molar-refractivity contribution in [3.63, 3.8) is 0 Å². The first-order chi connectivity index (χ1) is 9.02. The average Bonchev–Trinajstić information content (AvgIpc) is 2.82. The van der Waals surface area contributed by atoms with Crippen molar-refractivity contribution in [1.29, 1.82) is 0 Å². The third kappa shape index (κ3) is 3.07. The Kier molecular flexibility index (Phi) is 4.42. The monoisotopic (exact) mass is 264 g/mol. The minimum absolute atomic E-state index is 0.216. The molecule has 0 spiro atoms. The molecule has 2 unspecified atom stereocenters. The van der Waals surface area contributed by atoms with Gasteiger partial charge in [0.15, 0.2) is 0 Å². The van der Waals surface area contributed by atoms with Gasteiger partial charge in [-0.2, -0.15) is 0 Å². The van der Waals surface area contributed by atoms with Crippen molar-refractivity contribution in [1.82, 2.24) is 9.88 Å². The molecule has 1 N–H and O–H groups in total. The molecule has 0 aliphatic carbocycles. The van der Waals surface area contributed by atoms with Gasteiger partial charge in [0.05, 0.1) is 18.9 Å². The third-order valence-corrected chi connectivity index (χ3v) is 4.11. The van der Waals surface area contributed by atoms with E-state index in [-0.39, 0.29) is 6.10 Å².